The molecule has 4 atom stereocenters. The Balaban J connectivity index is 1.60. The lowest BCUT2D eigenvalue weighted by Crippen LogP contribution is -2.36. The van der Waals surface area contributed by atoms with Gasteiger partial charge in [-0.05, 0) is 12.5 Å². The number of nitrogens with zero attached hydrogens (tertiary/aromatic N) is 3. The summed E-state index contributed by atoms with van der Waals surface area (Å²) in [5, 5.41) is 24.2. The number of hydrogen-bond donors (Lipinski definition) is 4. The average Bonchev–Trinajstić information content (AvgIpc) is 3.31. The number of halogens is 4. The predicted octanol–water partition coefficient (Wildman–Crippen LogP) is 2.16. The van der Waals surface area contributed by atoms with E-state index in [0.717, 1.165) is 0 Å². The highest BCUT2D eigenvalue weighted by Crippen LogP contribution is 2.39. The third kappa shape index (κ3) is 5.04. The number of nitrogen functional groups attached to an aromatic ring is 1. The highest BCUT2D eigenvalue weighted by molar-refractivity contribution is 6.32. The molecule has 0 aromatic carbocycles. The van der Waals surface area contributed by atoms with Gasteiger partial charge < -0.3 is 35.2 Å². The van der Waals surface area contributed by atoms with Gasteiger partial charge in [-0.1, -0.05) is 11.6 Å². The van der Waals surface area contributed by atoms with Crippen molar-refractivity contribution in [1.29, 1.82) is 0 Å². The molecule has 0 spiro atoms. The van der Waals surface area contributed by atoms with E-state index in [1.165, 1.54) is 13.3 Å². The van der Waals surface area contributed by atoms with E-state index < -0.39 is 42.9 Å². The van der Waals surface area contributed by atoms with Crippen LogP contribution in [0.25, 0.3) is 22.3 Å². The van der Waals surface area contributed by atoms with Crippen molar-refractivity contribution in [1.82, 2.24) is 15.0 Å². The SMILES string of the molecule is COc1cc2cc(-c3c(Cl)nc(N)nc3N[C@@H]3C[C@H](COC(=O)C(F)(F)F)[C@@H](O)[C@H]3O)oc2cn1. The number of nitrogens with one attached hydrogen (secondary N) is 1. The zero-order valence-electron chi connectivity index (χ0n) is 17.9. The molecule has 0 radical (unpaired) electrons. The second-order valence-electron chi connectivity index (χ2n) is 7.80. The summed E-state index contributed by atoms with van der Waals surface area (Å²) < 4.78 is 52.3. The number of fused-ring (bicyclic) bond motifs is 1. The number of ether oxygens (including phenoxy) is 2. The van der Waals surface area contributed by atoms with E-state index in [0.29, 0.717) is 16.8 Å². The number of anilines is 2. The number of nitrogens with two attached hydrogens (primary N) is 1. The zero-order chi connectivity index (χ0) is 25.5. The van der Waals surface area contributed by atoms with Gasteiger partial charge in [-0.2, -0.15) is 18.2 Å². The Bertz CT molecular complexity index is 1260. The third-order valence-corrected chi connectivity index (χ3v) is 5.77. The second-order valence-corrected chi connectivity index (χ2v) is 8.15. The van der Waals surface area contributed by atoms with E-state index in [4.69, 9.17) is 26.5 Å². The Morgan fingerprint density at radius 2 is 2.06 bits per heavy atom. The molecule has 1 aliphatic carbocycles. The van der Waals surface area contributed by atoms with Gasteiger partial charge >= 0.3 is 12.1 Å². The van der Waals surface area contributed by atoms with Crippen LogP contribution in [0.3, 0.4) is 0 Å². The Morgan fingerprint density at radius 3 is 2.74 bits per heavy atom. The fraction of sp³-hybridized carbons (Fsp3) is 0.400. The number of furan rings is 1. The fourth-order valence-electron chi connectivity index (χ4n) is 3.81. The van der Waals surface area contributed by atoms with Gasteiger partial charge in [0.1, 0.15) is 22.8 Å². The lowest BCUT2D eigenvalue weighted by atomic mass is 10.1. The third-order valence-electron chi connectivity index (χ3n) is 5.50. The molecule has 1 fully saturated rings. The topological polar surface area (TPSA) is 166 Å². The van der Waals surface area contributed by atoms with Gasteiger partial charge in [0, 0.05) is 17.4 Å². The van der Waals surface area contributed by atoms with Gasteiger partial charge in [0.2, 0.25) is 11.8 Å². The molecule has 0 aliphatic heterocycles. The van der Waals surface area contributed by atoms with E-state index in [1.54, 1.807) is 12.1 Å². The molecule has 3 aromatic heterocycles. The molecular formula is C20H19ClF3N5O6. The molecule has 0 bridgehead atoms. The van der Waals surface area contributed by atoms with Crippen LogP contribution in [0.5, 0.6) is 5.88 Å². The molecule has 0 amide bonds. The Labute approximate surface area is 200 Å². The van der Waals surface area contributed by atoms with Crippen LogP contribution in [0.2, 0.25) is 5.15 Å². The molecule has 0 unspecified atom stereocenters. The number of aliphatic hydroxyl groups excluding tert-OH is 2. The second kappa shape index (κ2) is 9.36. The molecule has 3 aromatic rings. The number of aromatic nitrogens is 3. The van der Waals surface area contributed by atoms with Gasteiger partial charge in [-0.3, -0.25) is 0 Å². The molecule has 15 heteroatoms. The van der Waals surface area contributed by atoms with Gasteiger partial charge in [-0.25, -0.2) is 14.8 Å². The highest BCUT2D eigenvalue weighted by atomic mass is 35.5. The number of methoxy groups -OCH3 is 1. The summed E-state index contributed by atoms with van der Waals surface area (Å²) in [6.45, 7) is -0.743. The van der Waals surface area contributed by atoms with Crippen LogP contribution in [0.15, 0.2) is 22.7 Å². The van der Waals surface area contributed by atoms with Crippen LogP contribution in [0.4, 0.5) is 24.9 Å². The summed E-state index contributed by atoms with van der Waals surface area (Å²) in [5.74, 6) is -2.94. The van der Waals surface area contributed by atoms with Gasteiger partial charge in [-0.15, -0.1) is 0 Å². The summed E-state index contributed by atoms with van der Waals surface area (Å²) >= 11 is 6.31. The number of alkyl halides is 3. The van der Waals surface area contributed by atoms with Crippen LogP contribution in [-0.2, 0) is 9.53 Å². The molecule has 11 nitrogen and oxygen atoms in total. The average molecular weight is 518 g/mol. The van der Waals surface area contributed by atoms with E-state index in [9.17, 15) is 28.2 Å². The molecule has 1 saturated carbocycles. The number of aliphatic hydroxyl groups is 2. The van der Waals surface area contributed by atoms with Gasteiger partial charge in [0.15, 0.2) is 5.58 Å². The van der Waals surface area contributed by atoms with Gasteiger partial charge in [0.05, 0.1) is 37.6 Å². The standard InChI is InChI=1S/C20H19ClF3N5O6/c1-33-12-4-7-3-10(35-11(7)5-26-12)13-16(21)28-19(25)29-17(13)27-9-2-8(14(30)15(9)31)6-34-18(32)20(22,23)24/h3-5,8-9,14-15,30-31H,2,6H2,1H3,(H3,25,27,28,29)/t8-,9-,14-,15+/m1/s1. The quantitative estimate of drug-likeness (QED) is 0.279. The first-order valence-corrected chi connectivity index (χ1v) is 10.5. The minimum absolute atomic E-state index is 0.0469. The van der Waals surface area contributed by atoms with Crippen molar-refractivity contribution < 1.29 is 42.1 Å². The van der Waals surface area contributed by atoms with Crippen molar-refractivity contribution in [2.45, 2.75) is 30.8 Å². The molecule has 1 aliphatic rings. The number of rotatable bonds is 6. The Morgan fingerprint density at radius 1 is 1.31 bits per heavy atom. The van der Waals surface area contributed by atoms with Crippen LogP contribution in [0, 0.1) is 5.92 Å². The summed E-state index contributed by atoms with van der Waals surface area (Å²) in [6, 6.07) is 2.35. The van der Waals surface area contributed by atoms with E-state index in [-0.39, 0.29) is 34.7 Å². The summed E-state index contributed by atoms with van der Waals surface area (Å²) in [6.07, 6.45) is -6.69. The minimum atomic E-state index is -5.17. The maximum absolute atomic E-state index is 12.4. The minimum Gasteiger partial charge on any atom is -0.481 e. The number of hydrogen-bond acceptors (Lipinski definition) is 11. The number of carbonyl (C=O) groups excluding carboxylic acids is 1. The van der Waals surface area contributed by atoms with E-state index in [2.05, 4.69) is 25.0 Å². The largest absolute Gasteiger partial charge is 0.490 e. The number of esters is 1. The molecule has 35 heavy (non-hydrogen) atoms. The molecule has 188 valence electrons. The summed E-state index contributed by atoms with van der Waals surface area (Å²) in [7, 11) is 1.46. The van der Waals surface area contributed by atoms with E-state index in [1.807, 2.05) is 0 Å². The van der Waals surface area contributed by atoms with Crippen molar-refractivity contribution in [3.05, 3.63) is 23.5 Å². The monoisotopic (exact) mass is 517 g/mol. The smallest absolute Gasteiger partial charge is 0.481 e. The molecule has 0 saturated heterocycles. The van der Waals surface area contributed by atoms with Crippen LogP contribution < -0.4 is 15.8 Å². The predicted molar refractivity (Wildman–Crippen MR) is 116 cm³/mol. The lowest BCUT2D eigenvalue weighted by Gasteiger charge is -2.20. The van der Waals surface area contributed by atoms with Crippen LogP contribution >= 0.6 is 11.6 Å². The van der Waals surface area contributed by atoms with Crippen molar-refractivity contribution >= 4 is 40.3 Å². The molecular weight excluding hydrogens is 499 g/mol. The lowest BCUT2D eigenvalue weighted by molar-refractivity contribution is -0.201. The first-order chi connectivity index (χ1) is 16.5. The number of pyridine rings is 1. The van der Waals surface area contributed by atoms with Crippen molar-refractivity contribution in [2.24, 2.45) is 5.92 Å². The maximum Gasteiger partial charge on any atom is 0.490 e. The summed E-state index contributed by atoms with van der Waals surface area (Å²) in [5.41, 5.74) is 6.31. The first-order valence-electron chi connectivity index (χ1n) is 10.1. The van der Waals surface area contributed by atoms with Crippen molar-refractivity contribution in [2.75, 3.05) is 24.8 Å². The fourth-order valence-corrected chi connectivity index (χ4v) is 4.07. The highest BCUT2D eigenvalue weighted by Gasteiger charge is 2.45. The van der Waals surface area contributed by atoms with Gasteiger partial charge in [0.25, 0.3) is 0 Å². The zero-order valence-corrected chi connectivity index (χ0v) is 18.7. The van der Waals surface area contributed by atoms with Crippen LogP contribution in [-0.4, -0.2) is 69.3 Å². The Hall–Kier alpha value is -3.36. The normalized spacial score (nSPS) is 22.4. The molecule has 3 heterocycles. The molecule has 5 N–H and O–H groups in total. The van der Waals surface area contributed by atoms with Crippen LogP contribution in [0.1, 0.15) is 6.42 Å². The first kappa shape index (κ1) is 24.8. The number of carbonyl (C=O) groups is 1. The van der Waals surface area contributed by atoms with E-state index >= 15 is 0 Å². The van der Waals surface area contributed by atoms with Crippen molar-refractivity contribution in [3.8, 4) is 17.2 Å². The maximum atomic E-state index is 12.4. The Kier molecular flexibility index (Phi) is 6.62. The molecule has 4 rings (SSSR count). The van der Waals surface area contributed by atoms with Crippen molar-refractivity contribution in [3.63, 3.8) is 0 Å². The summed E-state index contributed by atoms with van der Waals surface area (Å²) in [4.78, 5) is 23.1.